The molecule has 0 saturated heterocycles. The van der Waals surface area contributed by atoms with E-state index in [1.807, 2.05) is 44.3 Å². The van der Waals surface area contributed by atoms with Crippen molar-refractivity contribution in [1.82, 2.24) is 4.98 Å². The van der Waals surface area contributed by atoms with Crippen molar-refractivity contribution in [2.45, 2.75) is 21.3 Å². The summed E-state index contributed by atoms with van der Waals surface area (Å²) in [6.45, 7) is 4.00. The van der Waals surface area contributed by atoms with E-state index in [2.05, 4.69) is 17.1 Å². The van der Waals surface area contributed by atoms with E-state index < -0.39 is 0 Å². The second kappa shape index (κ2) is 6.18. The third-order valence-corrected chi connectivity index (χ3v) is 1.51. The van der Waals surface area contributed by atoms with Crippen molar-refractivity contribution in [2.24, 2.45) is 0 Å². The van der Waals surface area contributed by atoms with E-state index in [0.717, 1.165) is 5.52 Å². The molecule has 0 radical (unpaired) electrons. The molecule has 1 heterocycles. The first-order valence-electron chi connectivity index (χ1n) is 4.26. The molecule has 1 aromatic heterocycles. The van der Waals surface area contributed by atoms with Crippen molar-refractivity contribution in [3.63, 3.8) is 0 Å². The second-order valence-electron chi connectivity index (χ2n) is 2.20. The molecular weight excluding hydrogens is 158 g/mol. The molecule has 0 saturated carbocycles. The van der Waals surface area contributed by atoms with Crippen LogP contribution in [0.4, 0.5) is 0 Å². The maximum absolute atomic E-state index is 4.18. The van der Waals surface area contributed by atoms with Gasteiger partial charge in [-0.1, -0.05) is 45.5 Å². The lowest BCUT2D eigenvalue weighted by molar-refractivity contribution is 1.41. The number of para-hydroxylation sites is 1. The monoisotopic (exact) mass is 175 g/mol. The van der Waals surface area contributed by atoms with Gasteiger partial charge in [0, 0.05) is 11.6 Å². The first kappa shape index (κ1) is 11.6. The summed E-state index contributed by atoms with van der Waals surface area (Å²) in [5, 5.41) is 1.20. The molecule has 1 nitrogen and oxygen atoms in total. The SMILES string of the molecule is C.CC.c1ccc2ncccc2c1. The van der Waals surface area contributed by atoms with E-state index >= 15 is 0 Å². The normalized spacial score (nSPS) is 8.15. The van der Waals surface area contributed by atoms with Crippen LogP contribution in [0.5, 0.6) is 0 Å². The average Bonchev–Trinajstić information content (AvgIpc) is 2.21. The molecule has 0 amide bonds. The lowest BCUT2D eigenvalue weighted by Gasteiger charge is -1.91. The van der Waals surface area contributed by atoms with Crippen molar-refractivity contribution in [3.8, 4) is 0 Å². The first-order chi connectivity index (χ1) is 5.97. The van der Waals surface area contributed by atoms with Gasteiger partial charge in [-0.05, 0) is 12.1 Å². The quantitative estimate of drug-likeness (QED) is 0.591. The lowest BCUT2D eigenvalue weighted by Crippen LogP contribution is -1.73. The summed E-state index contributed by atoms with van der Waals surface area (Å²) in [6.07, 6.45) is 1.81. The summed E-state index contributed by atoms with van der Waals surface area (Å²) in [5.41, 5.74) is 1.06. The van der Waals surface area contributed by atoms with Crippen LogP contribution in [-0.2, 0) is 0 Å². The number of benzene rings is 1. The van der Waals surface area contributed by atoms with E-state index in [0.29, 0.717) is 0 Å². The van der Waals surface area contributed by atoms with Crippen molar-refractivity contribution in [2.75, 3.05) is 0 Å². The Kier molecular flexibility index (Phi) is 5.53. The van der Waals surface area contributed by atoms with Crippen LogP contribution < -0.4 is 0 Å². The number of aromatic nitrogens is 1. The van der Waals surface area contributed by atoms with Crippen LogP contribution in [0, 0.1) is 0 Å². The smallest absolute Gasteiger partial charge is 0.0701 e. The molecule has 1 aromatic carbocycles. The molecule has 13 heavy (non-hydrogen) atoms. The van der Waals surface area contributed by atoms with Crippen molar-refractivity contribution in [1.29, 1.82) is 0 Å². The fourth-order valence-corrected chi connectivity index (χ4v) is 1.02. The Labute approximate surface area is 80.4 Å². The van der Waals surface area contributed by atoms with Crippen molar-refractivity contribution in [3.05, 3.63) is 42.6 Å². The summed E-state index contributed by atoms with van der Waals surface area (Å²) >= 11 is 0. The lowest BCUT2D eigenvalue weighted by atomic mass is 10.2. The predicted octanol–water partition coefficient (Wildman–Crippen LogP) is 3.90. The van der Waals surface area contributed by atoms with Crippen LogP contribution in [-0.4, -0.2) is 4.98 Å². The molecule has 2 aromatic rings. The van der Waals surface area contributed by atoms with Gasteiger partial charge in [0.15, 0.2) is 0 Å². The van der Waals surface area contributed by atoms with E-state index in [9.17, 15) is 0 Å². The van der Waals surface area contributed by atoms with Gasteiger partial charge in [-0.25, -0.2) is 0 Å². The van der Waals surface area contributed by atoms with Gasteiger partial charge in [0.05, 0.1) is 5.52 Å². The first-order valence-corrected chi connectivity index (χ1v) is 4.26. The Morgan fingerprint density at radius 3 is 2.23 bits per heavy atom. The average molecular weight is 175 g/mol. The number of hydrogen-bond acceptors (Lipinski definition) is 1. The number of rotatable bonds is 0. The van der Waals surface area contributed by atoms with Gasteiger partial charge in [-0.15, -0.1) is 0 Å². The summed E-state index contributed by atoms with van der Waals surface area (Å²) in [5.74, 6) is 0. The topological polar surface area (TPSA) is 12.9 Å². The maximum Gasteiger partial charge on any atom is 0.0701 e. The third kappa shape index (κ3) is 2.86. The Morgan fingerprint density at radius 1 is 0.923 bits per heavy atom. The van der Waals surface area contributed by atoms with Gasteiger partial charge in [0.2, 0.25) is 0 Å². The van der Waals surface area contributed by atoms with E-state index in [4.69, 9.17) is 0 Å². The molecular formula is C12H17N. The zero-order chi connectivity index (χ0) is 8.81. The van der Waals surface area contributed by atoms with E-state index in [-0.39, 0.29) is 7.43 Å². The van der Waals surface area contributed by atoms with Gasteiger partial charge in [-0.2, -0.15) is 0 Å². The molecule has 0 aliphatic heterocycles. The number of pyridine rings is 1. The molecule has 0 bridgehead atoms. The number of nitrogens with zero attached hydrogens (tertiary/aromatic N) is 1. The Morgan fingerprint density at radius 2 is 1.54 bits per heavy atom. The maximum atomic E-state index is 4.18. The molecule has 0 unspecified atom stereocenters. The highest BCUT2D eigenvalue weighted by Crippen LogP contribution is 2.07. The molecule has 1 heteroatoms. The standard InChI is InChI=1S/C9H7N.C2H6.CH4/c1-2-6-9-8(4-1)5-3-7-10-9;1-2;/h1-7H;1-2H3;1H4. The van der Waals surface area contributed by atoms with Crippen molar-refractivity contribution < 1.29 is 0 Å². The van der Waals surface area contributed by atoms with Crippen LogP contribution >= 0.6 is 0 Å². The highest BCUT2D eigenvalue weighted by atomic mass is 14.6. The molecule has 0 aliphatic rings. The number of fused-ring (bicyclic) bond motifs is 1. The second-order valence-corrected chi connectivity index (χ2v) is 2.20. The largest absolute Gasteiger partial charge is 0.256 e. The van der Waals surface area contributed by atoms with Gasteiger partial charge in [0.25, 0.3) is 0 Å². The molecule has 0 spiro atoms. The molecule has 70 valence electrons. The highest BCUT2D eigenvalue weighted by Gasteiger charge is 1.86. The van der Waals surface area contributed by atoms with Crippen molar-refractivity contribution >= 4 is 10.9 Å². The fourth-order valence-electron chi connectivity index (χ4n) is 1.02. The van der Waals surface area contributed by atoms with E-state index in [1.165, 1.54) is 5.39 Å². The predicted molar refractivity (Wildman–Crippen MR) is 59.8 cm³/mol. The minimum atomic E-state index is 0. The van der Waals surface area contributed by atoms with Gasteiger partial charge >= 0.3 is 0 Å². The van der Waals surface area contributed by atoms with Crippen LogP contribution in [0.15, 0.2) is 42.6 Å². The minimum absolute atomic E-state index is 0. The molecule has 2 rings (SSSR count). The summed E-state index contributed by atoms with van der Waals surface area (Å²) in [6, 6.07) is 12.1. The Bertz CT molecular complexity index is 276. The van der Waals surface area contributed by atoms with Gasteiger partial charge in [0.1, 0.15) is 0 Å². The summed E-state index contributed by atoms with van der Waals surface area (Å²) in [4.78, 5) is 4.18. The molecule has 0 fully saturated rings. The molecule has 0 atom stereocenters. The van der Waals surface area contributed by atoms with Crippen LogP contribution in [0.2, 0.25) is 0 Å². The van der Waals surface area contributed by atoms with Crippen LogP contribution in [0.1, 0.15) is 21.3 Å². The highest BCUT2D eigenvalue weighted by molar-refractivity contribution is 5.77. The summed E-state index contributed by atoms with van der Waals surface area (Å²) in [7, 11) is 0. The minimum Gasteiger partial charge on any atom is -0.256 e. The zero-order valence-electron chi connectivity index (χ0n) is 7.49. The third-order valence-electron chi connectivity index (χ3n) is 1.51. The van der Waals surface area contributed by atoms with Gasteiger partial charge in [-0.3, -0.25) is 4.98 Å². The molecule has 0 N–H and O–H groups in total. The van der Waals surface area contributed by atoms with Gasteiger partial charge < -0.3 is 0 Å². The van der Waals surface area contributed by atoms with E-state index in [1.54, 1.807) is 0 Å². The Balaban J connectivity index is 0.000000451. The van der Waals surface area contributed by atoms with Crippen LogP contribution in [0.3, 0.4) is 0 Å². The summed E-state index contributed by atoms with van der Waals surface area (Å²) < 4.78 is 0. The number of hydrogen-bond donors (Lipinski definition) is 0. The fraction of sp³-hybridized carbons (Fsp3) is 0.250. The Hall–Kier alpha value is -1.37. The molecule has 0 aliphatic carbocycles. The zero-order valence-corrected chi connectivity index (χ0v) is 7.49. The van der Waals surface area contributed by atoms with Crippen LogP contribution in [0.25, 0.3) is 10.9 Å².